The summed E-state index contributed by atoms with van der Waals surface area (Å²) >= 11 is 0. The van der Waals surface area contributed by atoms with Crippen molar-refractivity contribution in [2.24, 2.45) is 0 Å². The molecule has 6 heteroatoms. The number of fused-ring (bicyclic) bond motifs is 1. The van der Waals surface area contributed by atoms with Crippen molar-refractivity contribution in [3.8, 4) is 11.5 Å². The van der Waals surface area contributed by atoms with Gasteiger partial charge in [0.15, 0.2) is 11.3 Å². The van der Waals surface area contributed by atoms with Crippen LogP contribution in [0.2, 0.25) is 0 Å². The van der Waals surface area contributed by atoms with Crippen LogP contribution in [0.4, 0.5) is 11.4 Å². The Morgan fingerprint density at radius 1 is 0.771 bits per heavy atom. The molecule has 0 spiro atoms. The zero-order valence-corrected chi connectivity index (χ0v) is 20.2. The summed E-state index contributed by atoms with van der Waals surface area (Å²) in [4.78, 5) is 21.5. The van der Waals surface area contributed by atoms with Crippen LogP contribution < -0.4 is 14.5 Å². The first-order valence-electron chi connectivity index (χ1n) is 11.4. The van der Waals surface area contributed by atoms with Crippen molar-refractivity contribution in [1.82, 2.24) is 4.98 Å². The van der Waals surface area contributed by atoms with E-state index in [9.17, 15) is 4.79 Å². The van der Waals surface area contributed by atoms with Crippen molar-refractivity contribution in [2.45, 2.75) is 5.60 Å². The van der Waals surface area contributed by atoms with E-state index in [0.717, 1.165) is 22.5 Å². The Labute approximate surface area is 205 Å². The van der Waals surface area contributed by atoms with Gasteiger partial charge in [-0.2, -0.15) is 0 Å². The van der Waals surface area contributed by atoms with E-state index in [0.29, 0.717) is 22.8 Å². The van der Waals surface area contributed by atoms with Gasteiger partial charge in [-0.3, -0.25) is 0 Å². The molecule has 2 heterocycles. The molecule has 5 rings (SSSR count). The maximum absolute atomic E-state index is 13.1. The summed E-state index contributed by atoms with van der Waals surface area (Å²) in [5.74, 6) is 0.835. The van der Waals surface area contributed by atoms with Crippen molar-refractivity contribution in [3.63, 3.8) is 0 Å². The normalized spacial score (nSPS) is 16.4. The number of hydrogen-bond donors (Lipinski definition) is 0. The molecule has 6 nitrogen and oxygen atoms in total. The Bertz CT molecular complexity index is 1370. The van der Waals surface area contributed by atoms with Crippen molar-refractivity contribution in [1.29, 1.82) is 0 Å². The molecule has 0 bridgehead atoms. The highest BCUT2D eigenvalue weighted by molar-refractivity contribution is 5.94. The van der Waals surface area contributed by atoms with E-state index in [1.807, 2.05) is 123 Å². The predicted octanol–water partition coefficient (Wildman–Crippen LogP) is 5.47. The summed E-state index contributed by atoms with van der Waals surface area (Å²) in [6, 6.07) is 27.3. The van der Waals surface area contributed by atoms with Gasteiger partial charge in [-0.15, -0.1) is 0 Å². The summed E-state index contributed by atoms with van der Waals surface area (Å²) in [6.45, 7) is 0. The number of cyclic esters (lactones) is 1. The number of carbonyl (C=O) groups is 1. The molecule has 176 valence electrons. The van der Waals surface area contributed by atoms with E-state index < -0.39 is 11.6 Å². The molecule has 0 amide bonds. The molecule has 1 aliphatic heterocycles. The maximum atomic E-state index is 13.1. The second kappa shape index (κ2) is 8.80. The van der Waals surface area contributed by atoms with Crippen molar-refractivity contribution >= 4 is 17.3 Å². The Morgan fingerprint density at radius 2 is 1.46 bits per heavy atom. The highest BCUT2D eigenvalue weighted by Gasteiger charge is 2.51. The van der Waals surface area contributed by atoms with Gasteiger partial charge in [0, 0.05) is 68.5 Å². The smallest absolute Gasteiger partial charge is 0.358 e. The first kappa shape index (κ1) is 22.5. The monoisotopic (exact) mass is 465 g/mol. The zero-order chi connectivity index (χ0) is 24.6. The highest BCUT2D eigenvalue weighted by atomic mass is 16.6. The Balaban J connectivity index is 1.78. The number of carbonyl (C=O) groups excluding carboxylic acids is 1. The van der Waals surface area contributed by atoms with Crippen LogP contribution in [0.1, 0.15) is 27.2 Å². The van der Waals surface area contributed by atoms with Crippen molar-refractivity contribution in [2.75, 3.05) is 38.0 Å². The molecule has 1 aliphatic rings. The van der Waals surface area contributed by atoms with Gasteiger partial charge in [0.2, 0.25) is 0 Å². The number of rotatable bonds is 6. The first-order chi connectivity index (χ1) is 16.9. The molecule has 1 unspecified atom stereocenters. The van der Waals surface area contributed by atoms with Crippen LogP contribution in [0.5, 0.6) is 11.5 Å². The summed E-state index contributed by atoms with van der Waals surface area (Å²) in [5, 5.41) is 0. The number of hydrogen-bond acceptors (Lipinski definition) is 6. The van der Waals surface area contributed by atoms with Crippen LogP contribution in [0, 0.1) is 0 Å². The lowest BCUT2D eigenvalue weighted by molar-refractivity contribution is 0.0244. The van der Waals surface area contributed by atoms with E-state index in [-0.39, 0.29) is 0 Å². The first-order valence-corrected chi connectivity index (χ1v) is 11.4. The van der Waals surface area contributed by atoms with Crippen LogP contribution in [0.3, 0.4) is 0 Å². The minimum Gasteiger partial charge on any atom is -0.457 e. The fourth-order valence-electron chi connectivity index (χ4n) is 4.44. The second-order valence-corrected chi connectivity index (χ2v) is 8.90. The molecule has 4 aromatic rings. The van der Waals surface area contributed by atoms with Gasteiger partial charge in [-0.05, 0) is 42.5 Å². The molecule has 0 radical (unpaired) electrons. The Morgan fingerprint density at radius 3 is 2.14 bits per heavy atom. The number of aromatic nitrogens is 1. The highest BCUT2D eigenvalue weighted by Crippen LogP contribution is 2.50. The van der Waals surface area contributed by atoms with Gasteiger partial charge in [-0.25, -0.2) is 9.78 Å². The Kier molecular flexibility index (Phi) is 5.65. The van der Waals surface area contributed by atoms with Crippen LogP contribution in [0.25, 0.3) is 0 Å². The van der Waals surface area contributed by atoms with Gasteiger partial charge < -0.3 is 19.3 Å². The Hall–Kier alpha value is -4.32. The van der Waals surface area contributed by atoms with Crippen LogP contribution in [0.15, 0.2) is 91.1 Å². The van der Waals surface area contributed by atoms with Crippen molar-refractivity contribution in [3.05, 3.63) is 114 Å². The molecular weight excluding hydrogens is 438 g/mol. The standard InChI is InChI=1S/C29H27N3O3/c1-31(2)21-14-12-20(13-15-21)29(25-11-8-18-30-27(25)28(33)35-29)24-17-16-22(32(3)4)19-26(24)34-23-9-6-5-7-10-23/h5-19H,1-4H3. The minimum absolute atomic E-state index is 0.312. The van der Waals surface area contributed by atoms with Crippen LogP contribution in [-0.2, 0) is 10.3 Å². The largest absolute Gasteiger partial charge is 0.457 e. The van der Waals surface area contributed by atoms with Crippen LogP contribution >= 0.6 is 0 Å². The van der Waals surface area contributed by atoms with E-state index in [1.54, 1.807) is 6.20 Å². The average molecular weight is 466 g/mol. The molecular formula is C29H27N3O3. The number of anilines is 2. The fraction of sp³-hybridized carbons (Fsp3) is 0.172. The van der Waals surface area contributed by atoms with E-state index in [1.165, 1.54) is 0 Å². The molecule has 0 aliphatic carbocycles. The van der Waals surface area contributed by atoms with E-state index >= 15 is 0 Å². The molecule has 0 fully saturated rings. The molecule has 35 heavy (non-hydrogen) atoms. The number of esters is 1. The average Bonchev–Trinajstić information content (AvgIpc) is 3.18. The number of benzene rings is 3. The predicted molar refractivity (Wildman–Crippen MR) is 138 cm³/mol. The number of ether oxygens (including phenoxy) is 2. The van der Waals surface area contributed by atoms with Gasteiger partial charge in [0.25, 0.3) is 0 Å². The van der Waals surface area contributed by atoms with Gasteiger partial charge in [0.1, 0.15) is 11.5 Å². The van der Waals surface area contributed by atoms with Crippen molar-refractivity contribution < 1.29 is 14.3 Å². The minimum atomic E-state index is -1.21. The molecule has 1 aromatic heterocycles. The topological polar surface area (TPSA) is 54.9 Å². The lowest BCUT2D eigenvalue weighted by atomic mass is 9.80. The lowest BCUT2D eigenvalue weighted by Gasteiger charge is -2.32. The summed E-state index contributed by atoms with van der Waals surface area (Å²) in [6.07, 6.45) is 1.61. The third-order valence-corrected chi connectivity index (χ3v) is 6.25. The molecule has 1 atom stereocenters. The third-order valence-electron chi connectivity index (χ3n) is 6.25. The lowest BCUT2D eigenvalue weighted by Crippen LogP contribution is -2.30. The summed E-state index contributed by atoms with van der Waals surface area (Å²) < 4.78 is 12.7. The number of pyridine rings is 1. The van der Waals surface area contributed by atoms with Gasteiger partial charge >= 0.3 is 5.97 Å². The second-order valence-electron chi connectivity index (χ2n) is 8.90. The maximum Gasteiger partial charge on any atom is 0.358 e. The summed E-state index contributed by atoms with van der Waals surface area (Å²) in [7, 11) is 7.94. The quantitative estimate of drug-likeness (QED) is 0.352. The van der Waals surface area contributed by atoms with E-state index in [2.05, 4.69) is 4.98 Å². The van der Waals surface area contributed by atoms with E-state index in [4.69, 9.17) is 9.47 Å². The molecule has 0 saturated carbocycles. The fourth-order valence-corrected chi connectivity index (χ4v) is 4.44. The molecule has 3 aromatic carbocycles. The van der Waals surface area contributed by atoms with Gasteiger partial charge in [0.05, 0.1) is 0 Å². The zero-order valence-electron chi connectivity index (χ0n) is 20.2. The number of nitrogens with zero attached hydrogens (tertiary/aromatic N) is 3. The summed E-state index contributed by atoms with van der Waals surface area (Å²) in [5.41, 5.74) is 3.35. The SMILES string of the molecule is CN(C)c1ccc(C2(c3ccc(N(C)C)cc3Oc3ccccc3)OC(=O)c3ncccc32)cc1. The number of para-hydroxylation sites is 1. The molecule has 0 saturated heterocycles. The molecule has 0 N–H and O–H groups in total. The third kappa shape index (κ3) is 3.87. The van der Waals surface area contributed by atoms with Crippen LogP contribution in [-0.4, -0.2) is 39.1 Å². The van der Waals surface area contributed by atoms with Gasteiger partial charge in [-0.1, -0.05) is 36.4 Å².